The van der Waals surface area contributed by atoms with Crippen LogP contribution in [-0.4, -0.2) is 29.1 Å². The van der Waals surface area contributed by atoms with Gasteiger partial charge >= 0.3 is 0 Å². The van der Waals surface area contributed by atoms with Crippen LogP contribution in [0.4, 0.5) is 0 Å². The lowest BCUT2D eigenvalue weighted by atomic mass is 10.1. The van der Waals surface area contributed by atoms with Crippen LogP contribution in [-0.2, 0) is 15.8 Å². The Bertz CT molecular complexity index is 1650. The van der Waals surface area contributed by atoms with Gasteiger partial charge in [-0.3, -0.25) is 9.78 Å². The van der Waals surface area contributed by atoms with E-state index in [0.717, 1.165) is 15.2 Å². The molecule has 5 rings (SSSR count). The normalized spacial score (nSPS) is 11.5. The summed E-state index contributed by atoms with van der Waals surface area (Å²) in [7, 11) is -3.97. The minimum Gasteiger partial charge on any atom is -0.268 e. The largest absolute Gasteiger partial charge is 0.268 e. The maximum absolute atomic E-state index is 13.2. The number of benzene rings is 3. The van der Waals surface area contributed by atoms with Crippen molar-refractivity contribution in [2.45, 2.75) is 5.75 Å². The van der Waals surface area contributed by atoms with Gasteiger partial charge in [-0.1, -0.05) is 76.6 Å². The Labute approximate surface area is 210 Å². The minimum atomic E-state index is -3.97. The third-order valence-corrected chi connectivity index (χ3v) is 7.34. The van der Waals surface area contributed by atoms with Crippen LogP contribution in [0.3, 0.4) is 0 Å². The lowest BCUT2D eigenvalue weighted by Gasteiger charge is -2.09. The van der Waals surface area contributed by atoms with Crippen LogP contribution in [0.15, 0.2) is 102 Å². The van der Waals surface area contributed by atoms with Gasteiger partial charge in [0, 0.05) is 28.6 Å². The van der Waals surface area contributed by atoms with Crippen LogP contribution in [0.25, 0.3) is 27.7 Å². The summed E-state index contributed by atoms with van der Waals surface area (Å²) in [6.07, 6.45) is 4.75. The quantitative estimate of drug-likeness (QED) is 0.319. The van der Waals surface area contributed by atoms with E-state index in [1.54, 1.807) is 30.6 Å². The first kappa shape index (κ1) is 22.9. The molecule has 0 spiro atoms. The van der Waals surface area contributed by atoms with Crippen LogP contribution >= 0.6 is 15.9 Å². The number of fused-ring (bicyclic) bond motifs is 1. The van der Waals surface area contributed by atoms with E-state index in [1.165, 1.54) is 10.9 Å². The molecule has 0 aliphatic rings. The molecular weight excluding hydrogens is 528 g/mol. The third kappa shape index (κ3) is 5.01. The predicted octanol–water partition coefficient (Wildman–Crippen LogP) is 5.11. The summed E-state index contributed by atoms with van der Waals surface area (Å²) in [6.45, 7) is 0. The molecule has 3 aromatic carbocycles. The van der Waals surface area contributed by atoms with Gasteiger partial charge in [-0.05, 0) is 34.5 Å². The Balaban J connectivity index is 1.47. The molecule has 1 amide bonds. The van der Waals surface area contributed by atoms with Crippen molar-refractivity contribution in [3.63, 3.8) is 0 Å². The zero-order valence-corrected chi connectivity index (χ0v) is 20.7. The number of aromatic nitrogens is 3. The van der Waals surface area contributed by atoms with E-state index in [0.29, 0.717) is 22.5 Å². The number of pyridine rings is 1. The average Bonchev–Trinajstić information content (AvgIpc) is 3.30. The topological polar surface area (TPSA) is 94.0 Å². The zero-order chi connectivity index (χ0) is 24.4. The van der Waals surface area contributed by atoms with Crippen molar-refractivity contribution in [1.82, 2.24) is 19.5 Å². The van der Waals surface area contributed by atoms with Crippen LogP contribution in [0.5, 0.6) is 0 Å². The summed E-state index contributed by atoms with van der Waals surface area (Å²) >= 11 is 3.50. The standard InChI is InChI=1S/C26H19BrN4O3S/c27-24-8-4-3-7-22(24)25-23(16-31(29-25)21-11-13-28-14-12-21)26(32)30-35(33,34)17-18-9-10-19-5-1-2-6-20(19)15-18/h1-16H,17H2,(H,30,32). The maximum Gasteiger partial charge on any atom is 0.268 e. The van der Waals surface area contributed by atoms with Crippen molar-refractivity contribution in [2.75, 3.05) is 0 Å². The van der Waals surface area contributed by atoms with E-state index in [2.05, 4.69) is 30.7 Å². The van der Waals surface area contributed by atoms with Gasteiger partial charge in [0.1, 0.15) is 5.69 Å². The van der Waals surface area contributed by atoms with Gasteiger partial charge < -0.3 is 0 Å². The molecule has 7 nitrogen and oxygen atoms in total. The second-order valence-corrected chi connectivity index (χ2v) is 10.5. The molecule has 1 N–H and O–H groups in total. The average molecular weight is 547 g/mol. The van der Waals surface area contributed by atoms with Crippen molar-refractivity contribution >= 4 is 42.6 Å². The summed E-state index contributed by atoms with van der Waals surface area (Å²) < 4.78 is 30.3. The number of halogens is 1. The number of carbonyl (C=O) groups is 1. The zero-order valence-electron chi connectivity index (χ0n) is 18.3. The number of nitrogens with one attached hydrogen (secondary N) is 1. The summed E-state index contributed by atoms with van der Waals surface area (Å²) in [6, 6.07) is 23.9. The summed E-state index contributed by atoms with van der Waals surface area (Å²) in [5.41, 5.74) is 2.43. The van der Waals surface area contributed by atoms with Crippen molar-refractivity contribution in [3.05, 3.63) is 113 Å². The molecule has 0 atom stereocenters. The maximum atomic E-state index is 13.2. The second kappa shape index (κ2) is 9.44. The van der Waals surface area contributed by atoms with Crippen molar-refractivity contribution in [2.24, 2.45) is 0 Å². The fourth-order valence-corrected chi connectivity index (χ4v) is 5.36. The Morgan fingerprint density at radius 2 is 1.63 bits per heavy atom. The first-order chi connectivity index (χ1) is 16.9. The smallest absolute Gasteiger partial charge is 0.268 e. The minimum absolute atomic E-state index is 0.135. The number of hydrogen-bond acceptors (Lipinski definition) is 5. The third-order valence-electron chi connectivity index (χ3n) is 5.43. The van der Waals surface area contributed by atoms with E-state index < -0.39 is 15.9 Å². The summed E-state index contributed by atoms with van der Waals surface area (Å²) in [4.78, 5) is 17.2. The van der Waals surface area contributed by atoms with Gasteiger partial charge in [0.05, 0.1) is 17.0 Å². The first-order valence-electron chi connectivity index (χ1n) is 10.7. The van der Waals surface area contributed by atoms with Crippen LogP contribution in [0.1, 0.15) is 15.9 Å². The fourth-order valence-electron chi connectivity index (χ4n) is 3.80. The molecule has 0 radical (unpaired) electrons. The Kier molecular flexibility index (Phi) is 6.19. The molecule has 2 aromatic heterocycles. The molecule has 0 fully saturated rings. The Morgan fingerprint density at radius 3 is 2.40 bits per heavy atom. The van der Waals surface area contributed by atoms with Gasteiger partial charge in [-0.25, -0.2) is 17.8 Å². The highest BCUT2D eigenvalue weighted by molar-refractivity contribution is 9.10. The van der Waals surface area contributed by atoms with Gasteiger partial charge in [0.25, 0.3) is 5.91 Å². The van der Waals surface area contributed by atoms with E-state index in [-0.39, 0.29) is 11.3 Å². The fraction of sp³-hybridized carbons (Fsp3) is 0.0385. The van der Waals surface area contributed by atoms with Crippen molar-refractivity contribution < 1.29 is 13.2 Å². The highest BCUT2D eigenvalue weighted by Crippen LogP contribution is 2.30. The number of amides is 1. The molecule has 0 saturated heterocycles. The summed E-state index contributed by atoms with van der Waals surface area (Å²) in [5.74, 6) is -1.08. The number of sulfonamides is 1. The lowest BCUT2D eigenvalue weighted by molar-refractivity contribution is 0.0982. The monoisotopic (exact) mass is 546 g/mol. The van der Waals surface area contributed by atoms with Crippen molar-refractivity contribution in [1.29, 1.82) is 0 Å². The number of rotatable bonds is 6. The molecule has 2 heterocycles. The van der Waals surface area contributed by atoms with Crippen molar-refractivity contribution in [3.8, 4) is 16.9 Å². The molecule has 174 valence electrons. The van der Waals surface area contributed by atoms with E-state index in [9.17, 15) is 13.2 Å². The highest BCUT2D eigenvalue weighted by Gasteiger charge is 2.24. The van der Waals surface area contributed by atoms with Gasteiger partial charge in [-0.2, -0.15) is 5.10 Å². The molecule has 9 heteroatoms. The Hall–Kier alpha value is -3.82. The van der Waals surface area contributed by atoms with Gasteiger partial charge in [0.15, 0.2) is 0 Å². The van der Waals surface area contributed by atoms with E-state index in [4.69, 9.17) is 0 Å². The summed E-state index contributed by atoms with van der Waals surface area (Å²) in [5, 5.41) is 6.53. The first-order valence-corrected chi connectivity index (χ1v) is 13.1. The van der Waals surface area contributed by atoms with Crippen LogP contribution < -0.4 is 4.72 Å². The molecule has 35 heavy (non-hydrogen) atoms. The molecular formula is C26H19BrN4O3S. The lowest BCUT2D eigenvalue weighted by Crippen LogP contribution is -2.31. The second-order valence-electron chi connectivity index (χ2n) is 7.89. The van der Waals surface area contributed by atoms with E-state index >= 15 is 0 Å². The Morgan fingerprint density at radius 1 is 0.914 bits per heavy atom. The predicted molar refractivity (Wildman–Crippen MR) is 139 cm³/mol. The van der Waals surface area contributed by atoms with Crippen LogP contribution in [0, 0.1) is 0 Å². The van der Waals surface area contributed by atoms with Crippen LogP contribution in [0.2, 0.25) is 0 Å². The molecule has 5 aromatic rings. The van der Waals surface area contributed by atoms with E-state index in [1.807, 2.05) is 60.7 Å². The number of carbonyl (C=O) groups excluding carboxylic acids is 1. The number of hydrogen-bond donors (Lipinski definition) is 1. The SMILES string of the molecule is O=C(NS(=O)(=O)Cc1ccc2ccccc2c1)c1cn(-c2ccncc2)nc1-c1ccccc1Br. The van der Waals surface area contributed by atoms with Gasteiger partial charge in [0.2, 0.25) is 10.0 Å². The highest BCUT2D eigenvalue weighted by atomic mass is 79.9. The molecule has 0 unspecified atom stereocenters. The molecule has 0 bridgehead atoms. The molecule has 0 aliphatic heterocycles. The molecule has 0 saturated carbocycles. The molecule has 0 aliphatic carbocycles. The van der Waals surface area contributed by atoms with Gasteiger partial charge in [-0.15, -0.1) is 0 Å². The number of nitrogens with zero attached hydrogens (tertiary/aromatic N) is 3.